The molecule has 0 N–H and O–H groups in total. The summed E-state index contributed by atoms with van der Waals surface area (Å²) in [7, 11) is 0. The number of unbranched alkanes of at least 4 members (excludes halogenated alkanes) is 12. The lowest BCUT2D eigenvalue weighted by molar-refractivity contribution is 0.0494. The molecular formula is C26H40Br2O4. The minimum Gasteiger partial charge on any atom is -0.462 e. The lowest BCUT2D eigenvalue weighted by Gasteiger charge is -2.11. The van der Waals surface area contributed by atoms with Gasteiger partial charge >= 0.3 is 11.9 Å². The molecule has 0 heterocycles. The number of rotatable bonds is 18. The van der Waals surface area contributed by atoms with E-state index in [1.807, 2.05) is 0 Å². The maximum Gasteiger partial charge on any atom is 0.339 e. The molecule has 0 saturated carbocycles. The number of halogens is 2. The normalized spacial score (nSPS) is 10.9. The van der Waals surface area contributed by atoms with Crippen LogP contribution in [0.3, 0.4) is 0 Å². The van der Waals surface area contributed by atoms with Crippen molar-refractivity contribution in [2.24, 2.45) is 0 Å². The van der Waals surface area contributed by atoms with Crippen LogP contribution in [0.2, 0.25) is 0 Å². The first-order valence-corrected chi connectivity index (χ1v) is 13.9. The van der Waals surface area contributed by atoms with E-state index in [1.54, 1.807) is 12.1 Å². The smallest absolute Gasteiger partial charge is 0.339 e. The van der Waals surface area contributed by atoms with Crippen molar-refractivity contribution in [2.45, 2.75) is 104 Å². The van der Waals surface area contributed by atoms with Gasteiger partial charge in [-0.05, 0) is 56.8 Å². The van der Waals surface area contributed by atoms with Gasteiger partial charge in [0.25, 0.3) is 0 Å². The Labute approximate surface area is 211 Å². The third-order valence-corrected chi connectivity index (χ3v) is 6.77. The molecule has 0 fully saturated rings. The summed E-state index contributed by atoms with van der Waals surface area (Å²) in [4.78, 5) is 25.0. The molecule has 0 atom stereocenters. The van der Waals surface area contributed by atoms with Crippen LogP contribution in [0.25, 0.3) is 0 Å². The van der Waals surface area contributed by atoms with Gasteiger partial charge in [0, 0.05) is 8.95 Å². The van der Waals surface area contributed by atoms with Crippen molar-refractivity contribution in [3.05, 3.63) is 32.2 Å². The standard InChI is InChI=1S/C26H40Br2O4/c1-3-5-7-9-11-13-15-17-31-25(29)21-19-22(24(28)20-23(21)27)26(30)32-18-16-14-12-10-8-6-4-2/h19-20H,3-18H2,1-2H3. The predicted octanol–water partition coefficient (Wildman–Crippen LogP) is 9.03. The van der Waals surface area contributed by atoms with E-state index >= 15 is 0 Å². The van der Waals surface area contributed by atoms with Gasteiger partial charge in [0.1, 0.15) is 0 Å². The van der Waals surface area contributed by atoms with E-state index in [0.717, 1.165) is 25.7 Å². The molecule has 0 saturated heterocycles. The van der Waals surface area contributed by atoms with Crippen LogP contribution in [0.5, 0.6) is 0 Å². The van der Waals surface area contributed by atoms with E-state index < -0.39 is 11.9 Å². The third kappa shape index (κ3) is 12.4. The second-order valence-corrected chi connectivity index (χ2v) is 10.0. The lowest BCUT2D eigenvalue weighted by atomic mass is 10.1. The fraction of sp³-hybridized carbons (Fsp3) is 0.692. The summed E-state index contributed by atoms with van der Waals surface area (Å²) in [6, 6.07) is 3.25. The number of hydrogen-bond acceptors (Lipinski definition) is 4. The summed E-state index contributed by atoms with van der Waals surface area (Å²) in [5.41, 5.74) is 0.693. The van der Waals surface area contributed by atoms with Gasteiger partial charge in [-0.15, -0.1) is 0 Å². The van der Waals surface area contributed by atoms with Crippen molar-refractivity contribution < 1.29 is 19.1 Å². The van der Waals surface area contributed by atoms with Crippen LogP contribution < -0.4 is 0 Å². The first-order valence-electron chi connectivity index (χ1n) is 12.3. The Bertz CT molecular complexity index is 623. The van der Waals surface area contributed by atoms with Crippen molar-refractivity contribution in [2.75, 3.05) is 13.2 Å². The highest BCUT2D eigenvalue weighted by atomic mass is 79.9. The molecular weight excluding hydrogens is 536 g/mol. The Morgan fingerprint density at radius 1 is 0.594 bits per heavy atom. The van der Waals surface area contributed by atoms with Gasteiger partial charge in [-0.25, -0.2) is 9.59 Å². The van der Waals surface area contributed by atoms with Gasteiger partial charge < -0.3 is 9.47 Å². The zero-order valence-corrected chi connectivity index (χ0v) is 23.0. The van der Waals surface area contributed by atoms with Crippen molar-refractivity contribution in [3.8, 4) is 0 Å². The van der Waals surface area contributed by atoms with E-state index in [9.17, 15) is 9.59 Å². The zero-order valence-electron chi connectivity index (χ0n) is 19.9. The van der Waals surface area contributed by atoms with Gasteiger partial charge in [0.15, 0.2) is 0 Å². The topological polar surface area (TPSA) is 52.6 Å². The number of carbonyl (C=O) groups excluding carboxylic acids is 2. The van der Waals surface area contributed by atoms with Crippen LogP contribution in [0.1, 0.15) is 124 Å². The van der Waals surface area contributed by atoms with Crippen molar-refractivity contribution in [1.82, 2.24) is 0 Å². The quantitative estimate of drug-likeness (QED) is 0.129. The molecule has 0 spiro atoms. The van der Waals surface area contributed by atoms with Crippen molar-refractivity contribution in [1.29, 1.82) is 0 Å². The van der Waals surface area contributed by atoms with E-state index in [2.05, 4.69) is 45.7 Å². The minimum atomic E-state index is -0.420. The molecule has 1 aromatic rings. The average Bonchev–Trinajstić information content (AvgIpc) is 2.77. The van der Waals surface area contributed by atoms with Crippen molar-refractivity contribution in [3.63, 3.8) is 0 Å². The largest absolute Gasteiger partial charge is 0.462 e. The number of ether oxygens (including phenoxy) is 2. The summed E-state index contributed by atoms with van der Waals surface area (Å²) in [6.45, 7) is 5.21. The number of hydrogen-bond donors (Lipinski definition) is 0. The summed E-state index contributed by atoms with van der Waals surface area (Å²) >= 11 is 6.81. The van der Waals surface area contributed by atoms with Crippen LogP contribution in [0.15, 0.2) is 21.1 Å². The Morgan fingerprint density at radius 3 is 1.31 bits per heavy atom. The molecule has 6 heteroatoms. The van der Waals surface area contributed by atoms with Crippen LogP contribution in [-0.2, 0) is 9.47 Å². The molecule has 1 aromatic carbocycles. The Hall–Kier alpha value is -0.880. The maximum absolute atomic E-state index is 12.5. The molecule has 182 valence electrons. The molecule has 0 bridgehead atoms. The molecule has 1 rings (SSSR count). The number of carbonyl (C=O) groups is 2. The Morgan fingerprint density at radius 2 is 0.938 bits per heavy atom. The maximum atomic E-state index is 12.5. The van der Waals surface area contributed by atoms with E-state index in [4.69, 9.17) is 9.47 Å². The molecule has 0 aromatic heterocycles. The van der Waals surface area contributed by atoms with Gasteiger partial charge in [-0.3, -0.25) is 0 Å². The summed E-state index contributed by atoms with van der Waals surface area (Å²) in [6.07, 6.45) is 16.3. The van der Waals surface area contributed by atoms with Gasteiger partial charge in [-0.1, -0.05) is 90.9 Å². The Balaban J connectivity index is 2.42. The third-order valence-electron chi connectivity index (χ3n) is 5.46. The fourth-order valence-electron chi connectivity index (χ4n) is 3.47. The van der Waals surface area contributed by atoms with E-state index in [1.165, 1.54) is 64.2 Å². The molecule has 0 radical (unpaired) electrons. The molecule has 0 unspecified atom stereocenters. The monoisotopic (exact) mass is 574 g/mol. The van der Waals surface area contributed by atoms with Gasteiger partial charge in [-0.2, -0.15) is 0 Å². The number of benzene rings is 1. The van der Waals surface area contributed by atoms with E-state index in [-0.39, 0.29) is 0 Å². The minimum absolute atomic E-state index is 0.346. The molecule has 0 aliphatic carbocycles. The predicted molar refractivity (Wildman–Crippen MR) is 138 cm³/mol. The fourth-order valence-corrected chi connectivity index (χ4v) is 4.78. The second-order valence-electron chi connectivity index (χ2n) is 8.33. The van der Waals surface area contributed by atoms with Gasteiger partial charge in [0.2, 0.25) is 0 Å². The second kappa shape index (κ2) is 18.5. The summed E-state index contributed by atoms with van der Waals surface area (Å²) in [5, 5.41) is 0. The first-order chi connectivity index (χ1) is 15.5. The summed E-state index contributed by atoms with van der Waals surface area (Å²) in [5.74, 6) is -0.840. The number of esters is 2. The average molecular weight is 576 g/mol. The van der Waals surface area contributed by atoms with Gasteiger partial charge in [0.05, 0.1) is 24.3 Å². The SMILES string of the molecule is CCCCCCCCCOC(=O)c1cc(C(=O)OCCCCCCCCC)c(Br)cc1Br. The molecule has 0 amide bonds. The highest BCUT2D eigenvalue weighted by Gasteiger charge is 2.19. The molecule has 4 nitrogen and oxygen atoms in total. The zero-order chi connectivity index (χ0) is 23.6. The molecule has 0 aliphatic heterocycles. The van der Waals surface area contributed by atoms with Crippen LogP contribution in [0, 0.1) is 0 Å². The first kappa shape index (κ1) is 29.2. The van der Waals surface area contributed by atoms with Crippen molar-refractivity contribution >= 4 is 43.8 Å². The van der Waals surface area contributed by atoms with Crippen LogP contribution in [0.4, 0.5) is 0 Å². The van der Waals surface area contributed by atoms with Crippen LogP contribution in [-0.4, -0.2) is 25.2 Å². The Kier molecular flexibility index (Phi) is 16.9. The molecule has 0 aliphatic rings. The highest BCUT2D eigenvalue weighted by Crippen LogP contribution is 2.27. The van der Waals surface area contributed by atoms with Crippen LogP contribution >= 0.6 is 31.9 Å². The lowest BCUT2D eigenvalue weighted by Crippen LogP contribution is -2.12. The summed E-state index contributed by atoms with van der Waals surface area (Å²) < 4.78 is 12.0. The highest BCUT2D eigenvalue weighted by molar-refractivity contribution is 9.11. The van der Waals surface area contributed by atoms with E-state index in [0.29, 0.717) is 33.3 Å². The molecule has 32 heavy (non-hydrogen) atoms.